The van der Waals surface area contributed by atoms with Crippen molar-refractivity contribution in [1.82, 2.24) is 4.90 Å². The number of thiophene rings is 1. The Morgan fingerprint density at radius 3 is 2.73 bits per heavy atom. The van der Waals surface area contributed by atoms with Crippen molar-refractivity contribution in [2.24, 2.45) is 17.8 Å². The van der Waals surface area contributed by atoms with E-state index < -0.39 is 5.82 Å². The first-order valence-corrected chi connectivity index (χ1v) is 14.2. The first-order valence-electron chi connectivity index (χ1n) is 13.3. The Morgan fingerprint density at radius 2 is 2.03 bits per heavy atom. The Labute approximate surface area is 221 Å². The van der Waals surface area contributed by atoms with Crippen molar-refractivity contribution in [1.29, 1.82) is 0 Å². The summed E-state index contributed by atoms with van der Waals surface area (Å²) in [5.41, 5.74) is 4.46. The van der Waals surface area contributed by atoms with E-state index in [2.05, 4.69) is 13.8 Å². The number of imide groups is 1. The molecule has 2 saturated heterocycles. The predicted molar refractivity (Wildman–Crippen MR) is 142 cm³/mol. The molecule has 1 aromatic carbocycles. The fourth-order valence-corrected chi connectivity index (χ4v) is 7.04. The Balaban J connectivity index is 1.33. The van der Waals surface area contributed by atoms with E-state index in [4.69, 9.17) is 4.74 Å². The molecule has 3 heterocycles. The molecule has 2 aliphatic heterocycles. The molecule has 5 rings (SSSR count). The standard InChI is InChI=1S/C30H34FNO4S/c1-3-6-18(13-19-8-10-25(33)24(31)14-19)9-11-26-27-20(4-2)15-22-28(23(27)17-36-26)30(35)32(29(22)34)16-21-7-5-12-37-21/h5,7-8,10,12-14,22-23,26,28,33H,3-4,6,9,11,15-17H2,1-2H3/b18-13+/t22-,23+,26-,28-/m1/s1. The number of phenols is 1. The lowest BCUT2D eigenvalue weighted by Gasteiger charge is -2.31. The van der Waals surface area contributed by atoms with Crippen LogP contribution >= 0.6 is 11.3 Å². The Bertz CT molecular complexity index is 1230. The van der Waals surface area contributed by atoms with Crippen LogP contribution in [0.2, 0.25) is 0 Å². The number of phenolic OH excluding ortho intramolecular Hbond substituents is 1. The van der Waals surface area contributed by atoms with Crippen LogP contribution < -0.4 is 0 Å². The van der Waals surface area contributed by atoms with Gasteiger partial charge >= 0.3 is 0 Å². The summed E-state index contributed by atoms with van der Waals surface area (Å²) in [7, 11) is 0. The number of likely N-dealkylation sites (tertiary alicyclic amines) is 1. The van der Waals surface area contributed by atoms with Gasteiger partial charge in [0.2, 0.25) is 11.8 Å². The van der Waals surface area contributed by atoms with Gasteiger partial charge in [0, 0.05) is 10.8 Å². The molecule has 4 atom stereocenters. The molecule has 1 aromatic heterocycles. The average molecular weight is 524 g/mol. The lowest BCUT2D eigenvalue weighted by atomic mass is 9.69. The molecular weight excluding hydrogens is 489 g/mol. The molecule has 2 fully saturated rings. The molecule has 2 amide bonds. The summed E-state index contributed by atoms with van der Waals surface area (Å²) in [4.78, 5) is 29.3. The van der Waals surface area contributed by atoms with Crippen molar-refractivity contribution < 1.29 is 23.8 Å². The zero-order valence-corrected chi connectivity index (χ0v) is 22.2. The van der Waals surface area contributed by atoms with Crippen LogP contribution in [0, 0.1) is 23.6 Å². The summed E-state index contributed by atoms with van der Waals surface area (Å²) in [6.45, 7) is 5.09. The van der Waals surface area contributed by atoms with E-state index in [1.807, 2.05) is 23.6 Å². The smallest absolute Gasteiger partial charge is 0.234 e. The second-order valence-electron chi connectivity index (χ2n) is 10.3. The van der Waals surface area contributed by atoms with Crippen LogP contribution in [-0.4, -0.2) is 34.5 Å². The highest BCUT2D eigenvalue weighted by Gasteiger charge is 2.56. The number of hydrogen-bond acceptors (Lipinski definition) is 5. The van der Waals surface area contributed by atoms with Crippen LogP contribution in [0.15, 0.2) is 52.4 Å². The first-order chi connectivity index (χ1) is 17.9. The largest absolute Gasteiger partial charge is 0.505 e. The number of rotatable bonds is 9. The van der Waals surface area contributed by atoms with E-state index in [0.717, 1.165) is 42.5 Å². The Kier molecular flexibility index (Phi) is 7.63. The van der Waals surface area contributed by atoms with Gasteiger partial charge in [-0.05, 0) is 66.8 Å². The SMILES string of the molecule is CCC/C(=C\c1ccc(O)c(F)c1)CC[C@H]1OC[C@H]2C1=C(CC)C[C@H]1C(=O)N(Cc3cccs3)C(=O)[C@H]12. The summed E-state index contributed by atoms with van der Waals surface area (Å²) in [5, 5.41) is 11.5. The van der Waals surface area contributed by atoms with Crippen LogP contribution in [0.4, 0.5) is 4.39 Å². The zero-order chi connectivity index (χ0) is 26.1. The first kappa shape index (κ1) is 25.9. The van der Waals surface area contributed by atoms with Crippen LogP contribution in [0.25, 0.3) is 6.08 Å². The monoisotopic (exact) mass is 523 g/mol. The van der Waals surface area contributed by atoms with Crippen LogP contribution in [0.5, 0.6) is 5.75 Å². The van der Waals surface area contributed by atoms with Gasteiger partial charge in [-0.25, -0.2) is 4.39 Å². The number of benzene rings is 1. The van der Waals surface area contributed by atoms with Crippen molar-refractivity contribution in [3.8, 4) is 5.75 Å². The van der Waals surface area contributed by atoms with Crippen molar-refractivity contribution in [3.05, 3.63) is 68.7 Å². The Morgan fingerprint density at radius 1 is 1.19 bits per heavy atom. The number of nitrogens with zero attached hydrogens (tertiary/aromatic N) is 1. The molecule has 0 saturated carbocycles. The maximum Gasteiger partial charge on any atom is 0.234 e. The third kappa shape index (κ3) is 5.04. The number of allylic oxidation sites excluding steroid dienone is 2. The predicted octanol–water partition coefficient (Wildman–Crippen LogP) is 6.48. The summed E-state index contributed by atoms with van der Waals surface area (Å²) in [6, 6.07) is 8.38. The molecular formula is C30H34FNO4S. The fourth-order valence-electron chi connectivity index (χ4n) is 6.35. The molecule has 1 aliphatic carbocycles. The number of halogens is 1. The number of fused-ring (bicyclic) bond motifs is 3. The van der Waals surface area contributed by atoms with E-state index in [9.17, 15) is 19.1 Å². The summed E-state index contributed by atoms with van der Waals surface area (Å²) >= 11 is 1.57. The fraction of sp³-hybridized carbons (Fsp3) is 0.467. The van der Waals surface area contributed by atoms with Gasteiger partial charge in [0.25, 0.3) is 0 Å². The molecule has 0 bridgehead atoms. The van der Waals surface area contributed by atoms with Crippen LogP contribution in [0.3, 0.4) is 0 Å². The van der Waals surface area contributed by atoms with Crippen LogP contribution in [0.1, 0.15) is 62.8 Å². The highest BCUT2D eigenvalue weighted by Crippen LogP contribution is 2.50. The Hall–Kier alpha value is -2.77. The molecule has 0 radical (unpaired) electrons. The van der Waals surface area contributed by atoms with Crippen LogP contribution in [-0.2, 0) is 20.9 Å². The van der Waals surface area contributed by atoms with E-state index in [1.54, 1.807) is 17.4 Å². The number of ether oxygens (including phenoxy) is 1. The zero-order valence-electron chi connectivity index (χ0n) is 21.4. The summed E-state index contributed by atoms with van der Waals surface area (Å²) in [5.74, 6) is -1.69. The van der Waals surface area contributed by atoms with E-state index >= 15 is 0 Å². The van der Waals surface area contributed by atoms with Gasteiger partial charge < -0.3 is 9.84 Å². The molecule has 3 aliphatic rings. The quantitative estimate of drug-likeness (QED) is 0.302. The van der Waals surface area contributed by atoms with Crippen molar-refractivity contribution >= 4 is 29.2 Å². The molecule has 0 spiro atoms. The minimum atomic E-state index is -0.620. The lowest BCUT2D eigenvalue weighted by Crippen LogP contribution is -2.34. The van der Waals surface area contributed by atoms with Gasteiger partial charge in [-0.1, -0.05) is 49.6 Å². The molecule has 5 nitrogen and oxygen atoms in total. The molecule has 37 heavy (non-hydrogen) atoms. The van der Waals surface area contributed by atoms with Gasteiger partial charge in [-0.15, -0.1) is 11.3 Å². The van der Waals surface area contributed by atoms with Gasteiger partial charge in [-0.3, -0.25) is 14.5 Å². The average Bonchev–Trinajstić information content (AvgIpc) is 3.61. The number of carbonyl (C=O) groups is 2. The summed E-state index contributed by atoms with van der Waals surface area (Å²) < 4.78 is 20.2. The number of aromatic hydroxyl groups is 1. The van der Waals surface area contributed by atoms with Gasteiger partial charge in [0.1, 0.15) is 0 Å². The number of hydrogen-bond donors (Lipinski definition) is 1. The molecule has 0 unspecified atom stereocenters. The van der Waals surface area contributed by atoms with Gasteiger partial charge in [0.15, 0.2) is 11.6 Å². The number of carbonyl (C=O) groups excluding carboxylic acids is 2. The molecule has 196 valence electrons. The maximum atomic E-state index is 13.9. The van der Waals surface area contributed by atoms with E-state index in [1.165, 1.54) is 33.8 Å². The topological polar surface area (TPSA) is 66.8 Å². The van der Waals surface area contributed by atoms with Crippen molar-refractivity contribution in [3.63, 3.8) is 0 Å². The normalized spacial score (nSPS) is 25.7. The second-order valence-corrected chi connectivity index (χ2v) is 11.4. The minimum Gasteiger partial charge on any atom is -0.505 e. The molecule has 7 heteroatoms. The minimum absolute atomic E-state index is 0.0340. The molecule has 1 N–H and O–H groups in total. The third-order valence-electron chi connectivity index (χ3n) is 8.06. The van der Waals surface area contributed by atoms with Crippen molar-refractivity contribution in [2.75, 3.05) is 6.61 Å². The van der Waals surface area contributed by atoms with E-state index in [0.29, 0.717) is 19.6 Å². The highest BCUT2D eigenvalue weighted by molar-refractivity contribution is 7.09. The third-order valence-corrected chi connectivity index (χ3v) is 8.92. The second kappa shape index (κ2) is 10.9. The summed E-state index contributed by atoms with van der Waals surface area (Å²) in [6.07, 6.45) is 6.91. The highest BCUT2D eigenvalue weighted by atomic mass is 32.1. The van der Waals surface area contributed by atoms with Gasteiger partial charge in [-0.2, -0.15) is 0 Å². The van der Waals surface area contributed by atoms with Crippen molar-refractivity contribution in [2.45, 2.75) is 65.0 Å². The van der Waals surface area contributed by atoms with Gasteiger partial charge in [0.05, 0.1) is 31.1 Å². The number of amides is 2. The lowest BCUT2D eigenvalue weighted by molar-refractivity contribution is -0.140. The maximum absolute atomic E-state index is 13.9. The molecule has 2 aromatic rings. The van der Waals surface area contributed by atoms with E-state index in [-0.39, 0.29) is 41.4 Å².